The van der Waals surface area contributed by atoms with Gasteiger partial charge in [0.2, 0.25) is 5.95 Å². The van der Waals surface area contributed by atoms with Crippen molar-refractivity contribution in [3.8, 4) is 0 Å². The first-order chi connectivity index (χ1) is 7.25. The maximum atomic E-state index is 12.7. The smallest absolute Gasteiger partial charge is 0.214 e. The van der Waals surface area contributed by atoms with Crippen molar-refractivity contribution in [2.75, 3.05) is 5.32 Å². The minimum absolute atomic E-state index is 0.486. The Morgan fingerprint density at radius 3 is 2.93 bits per heavy atom. The van der Waals surface area contributed by atoms with Crippen LogP contribution in [0, 0.1) is 5.95 Å². The first kappa shape index (κ1) is 9.64. The van der Waals surface area contributed by atoms with Crippen molar-refractivity contribution in [2.24, 2.45) is 7.05 Å². The zero-order valence-electron chi connectivity index (χ0n) is 8.31. The summed E-state index contributed by atoms with van der Waals surface area (Å²) in [5, 5.41) is 3.07. The molecule has 0 atom stereocenters. The SMILES string of the molecule is Cn1ccnc1CNc1ccnc(F)c1. The van der Waals surface area contributed by atoms with Gasteiger partial charge in [-0.15, -0.1) is 0 Å². The summed E-state index contributed by atoms with van der Waals surface area (Å²) in [7, 11) is 1.91. The van der Waals surface area contributed by atoms with Crippen molar-refractivity contribution >= 4 is 5.69 Å². The standard InChI is InChI=1S/C10H11FN4/c1-15-5-4-13-10(15)7-14-8-2-3-12-9(11)6-8/h2-6H,7H2,1H3,(H,12,14). The molecular weight excluding hydrogens is 195 g/mol. The van der Waals surface area contributed by atoms with E-state index in [1.807, 2.05) is 17.8 Å². The second-order valence-electron chi connectivity index (χ2n) is 3.18. The molecule has 15 heavy (non-hydrogen) atoms. The van der Waals surface area contributed by atoms with Crippen molar-refractivity contribution in [3.63, 3.8) is 0 Å². The average molecular weight is 206 g/mol. The van der Waals surface area contributed by atoms with E-state index in [0.717, 1.165) is 5.82 Å². The van der Waals surface area contributed by atoms with Gasteiger partial charge < -0.3 is 9.88 Å². The van der Waals surface area contributed by atoms with Crippen LogP contribution in [-0.4, -0.2) is 14.5 Å². The lowest BCUT2D eigenvalue weighted by molar-refractivity contribution is 0.584. The Balaban J connectivity index is 2.02. The van der Waals surface area contributed by atoms with Gasteiger partial charge in [0, 0.05) is 37.4 Å². The van der Waals surface area contributed by atoms with Crippen molar-refractivity contribution in [1.29, 1.82) is 0 Å². The molecule has 78 valence electrons. The molecule has 0 spiro atoms. The van der Waals surface area contributed by atoms with Crippen molar-refractivity contribution < 1.29 is 4.39 Å². The van der Waals surface area contributed by atoms with Gasteiger partial charge in [0.05, 0.1) is 6.54 Å². The summed E-state index contributed by atoms with van der Waals surface area (Å²) < 4.78 is 14.6. The van der Waals surface area contributed by atoms with E-state index in [4.69, 9.17) is 0 Å². The third-order valence-corrected chi connectivity index (χ3v) is 2.10. The fourth-order valence-electron chi connectivity index (χ4n) is 1.26. The molecule has 0 unspecified atom stereocenters. The van der Waals surface area contributed by atoms with Crippen LogP contribution < -0.4 is 5.32 Å². The maximum absolute atomic E-state index is 12.7. The number of aryl methyl sites for hydroxylation is 1. The van der Waals surface area contributed by atoms with Crippen molar-refractivity contribution in [1.82, 2.24) is 14.5 Å². The molecule has 0 aliphatic rings. The number of aromatic nitrogens is 3. The van der Waals surface area contributed by atoms with Crippen molar-refractivity contribution in [2.45, 2.75) is 6.54 Å². The van der Waals surface area contributed by atoms with Crippen LogP contribution in [-0.2, 0) is 13.6 Å². The summed E-state index contributed by atoms with van der Waals surface area (Å²) in [6, 6.07) is 3.06. The zero-order chi connectivity index (χ0) is 10.7. The number of rotatable bonds is 3. The molecule has 2 aromatic heterocycles. The fourth-order valence-corrected chi connectivity index (χ4v) is 1.26. The fraction of sp³-hybridized carbons (Fsp3) is 0.200. The number of anilines is 1. The monoisotopic (exact) mass is 206 g/mol. The Hall–Kier alpha value is -1.91. The molecule has 0 radical (unpaired) electrons. The van der Waals surface area contributed by atoms with Gasteiger partial charge in [0.15, 0.2) is 0 Å². The number of hydrogen-bond acceptors (Lipinski definition) is 3. The van der Waals surface area contributed by atoms with Gasteiger partial charge >= 0.3 is 0 Å². The summed E-state index contributed by atoms with van der Waals surface area (Å²) in [5.41, 5.74) is 0.700. The molecule has 0 aliphatic heterocycles. The highest BCUT2D eigenvalue weighted by Gasteiger charge is 1.99. The molecule has 0 aromatic carbocycles. The number of halogens is 1. The summed E-state index contributed by atoms with van der Waals surface area (Å²) in [5.74, 6) is 0.409. The molecule has 0 fully saturated rings. The molecule has 0 amide bonds. The van der Waals surface area contributed by atoms with Crippen LogP contribution in [0.1, 0.15) is 5.82 Å². The van der Waals surface area contributed by atoms with E-state index in [2.05, 4.69) is 15.3 Å². The maximum Gasteiger partial charge on any atom is 0.214 e. The molecule has 2 rings (SSSR count). The Kier molecular flexibility index (Phi) is 2.62. The third kappa shape index (κ3) is 2.31. The lowest BCUT2D eigenvalue weighted by Gasteiger charge is -2.05. The quantitative estimate of drug-likeness (QED) is 0.775. The van der Waals surface area contributed by atoms with Crippen LogP contribution in [0.5, 0.6) is 0 Å². The summed E-state index contributed by atoms with van der Waals surface area (Å²) >= 11 is 0. The van der Waals surface area contributed by atoms with Gasteiger partial charge in [-0.1, -0.05) is 0 Å². The van der Waals surface area contributed by atoms with Crippen LogP contribution in [0.15, 0.2) is 30.7 Å². The lowest BCUT2D eigenvalue weighted by atomic mass is 10.4. The van der Waals surface area contributed by atoms with E-state index in [9.17, 15) is 4.39 Å². The van der Waals surface area contributed by atoms with Gasteiger partial charge in [-0.05, 0) is 6.07 Å². The minimum Gasteiger partial charge on any atom is -0.378 e. The van der Waals surface area contributed by atoms with Crippen LogP contribution in [0.25, 0.3) is 0 Å². The van der Waals surface area contributed by atoms with Gasteiger partial charge in [0.25, 0.3) is 0 Å². The minimum atomic E-state index is -0.486. The lowest BCUT2D eigenvalue weighted by Crippen LogP contribution is -2.05. The van der Waals surface area contributed by atoms with E-state index >= 15 is 0 Å². The number of nitrogens with one attached hydrogen (secondary N) is 1. The van der Waals surface area contributed by atoms with Crippen LogP contribution in [0.2, 0.25) is 0 Å². The van der Waals surface area contributed by atoms with Crippen LogP contribution in [0.3, 0.4) is 0 Å². The normalized spacial score (nSPS) is 10.3. The molecule has 0 saturated carbocycles. The molecule has 2 heterocycles. The molecule has 0 bridgehead atoms. The third-order valence-electron chi connectivity index (χ3n) is 2.10. The van der Waals surface area contributed by atoms with Crippen LogP contribution in [0.4, 0.5) is 10.1 Å². The van der Waals surface area contributed by atoms with Gasteiger partial charge in [-0.25, -0.2) is 9.97 Å². The highest BCUT2D eigenvalue weighted by Crippen LogP contribution is 2.08. The first-order valence-corrected chi connectivity index (χ1v) is 4.57. The predicted molar refractivity (Wildman–Crippen MR) is 54.7 cm³/mol. The first-order valence-electron chi connectivity index (χ1n) is 4.57. The number of nitrogens with zero attached hydrogens (tertiary/aromatic N) is 3. The molecular formula is C10H11FN4. The van der Waals surface area contributed by atoms with E-state index in [1.165, 1.54) is 12.3 Å². The molecule has 0 aliphatic carbocycles. The number of pyridine rings is 1. The topological polar surface area (TPSA) is 42.7 Å². The van der Waals surface area contributed by atoms with Crippen LogP contribution >= 0.6 is 0 Å². The summed E-state index contributed by atoms with van der Waals surface area (Å²) in [6.07, 6.45) is 5.02. The van der Waals surface area contributed by atoms with E-state index < -0.39 is 5.95 Å². The predicted octanol–water partition coefficient (Wildman–Crippen LogP) is 1.57. The summed E-state index contributed by atoms with van der Waals surface area (Å²) in [6.45, 7) is 0.562. The van der Waals surface area contributed by atoms with Gasteiger partial charge in [0.1, 0.15) is 5.82 Å². The molecule has 2 aromatic rings. The average Bonchev–Trinajstić information content (AvgIpc) is 2.61. The Morgan fingerprint density at radius 2 is 2.27 bits per heavy atom. The highest BCUT2D eigenvalue weighted by molar-refractivity contribution is 5.41. The number of imidazole rings is 1. The molecule has 5 heteroatoms. The zero-order valence-corrected chi connectivity index (χ0v) is 8.31. The van der Waals surface area contributed by atoms with Crippen molar-refractivity contribution in [3.05, 3.63) is 42.5 Å². The highest BCUT2D eigenvalue weighted by atomic mass is 19.1. The van der Waals surface area contributed by atoms with E-state index in [1.54, 1.807) is 12.3 Å². The molecule has 1 N–H and O–H groups in total. The molecule has 0 saturated heterocycles. The van der Waals surface area contributed by atoms with Gasteiger partial charge in [-0.3, -0.25) is 0 Å². The van der Waals surface area contributed by atoms with Gasteiger partial charge in [-0.2, -0.15) is 4.39 Å². The Labute approximate surface area is 86.8 Å². The van der Waals surface area contributed by atoms with E-state index in [-0.39, 0.29) is 0 Å². The Bertz CT molecular complexity index is 452. The largest absolute Gasteiger partial charge is 0.378 e. The second-order valence-corrected chi connectivity index (χ2v) is 3.18. The molecule has 4 nitrogen and oxygen atoms in total. The van der Waals surface area contributed by atoms with E-state index in [0.29, 0.717) is 12.2 Å². The number of hydrogen-bond donors (Lipinski definition) is 1. The second kappa shape index (κ2) is 4.08. The Morgan fingerprint density at radius 1 is 1.40 bits per heavy atom. The summed E-state index contributed by atoms with van der Waals surface area (Å²) in [4.78, 5) is 7.62.